The third-order valence-corrected chi connectivity index (χ3v) is 3.46. The van der Waals surface area contributed by atoms with Gasteiger partial charge >= 0.3 is 0 Å². The van der Waals surface area contributed by atoms with Gasteiger partial charge in [-0.25, -0.2) is 0 Å². The number of nitrogens with two attached hydrogens (primary N) is 1. The van der Waals surface area contributed by atoms with Crippen LogP contribution >= 0.6 is 0 Å². The molecule has 0 spiro atoms. The van der Waals surface area contributed by atoms with E-state index in [1.165, 1.54) is 0 Å². The van der Waals surface area contributed by atoms with Crippen LogP contribution in [0.3, 0.4) is 0 Å². The van der Waals surface area contributed by atoms with Crippen LogP contribution in [0.2, 0.25) is 0 Å². The number of hydrogen-bond acceptors (Lipinski definition) is 3. The van der Waals surface area contributed by atoms with Crippen molar-refractivity contribution in [2.45, 2.75) is 13.0 Å². The Morgan fingerprint density at radius 3 is 2.29 bits per heavy atom. The number of carbonyl (C=O) groups excluding carboxylic acids is 1. The monoisotopic (exact) mass is 283 g/mol. The second-order valence-corrected chi connectivity index (χ2v) is 5.27. The minimum absolute atomic E-state index is 0.101. The van der Waals surface area contributed by atoms with E-state index >= 15 is 0 Å². The summed E-state index contributed by atoms with van der Waals surface area (Å²) in [4.78, 5) is 14.3. The Kier molecular flexibility index (Phi) is 4.48. The Morgan fingerprint density at radius 1 is 1.10 bits per heavy atom. The van der Waals surface area contributed by atoms with E-state index in [-0.39, 0.29) is 11.9 Å². The summed E-state index contributed by atoms with van der Waals surface area (Å²) in [5.74, 6) is -0.101. The molecule has 1 atom stereocenters. The lowest BCUT2D eigenvalue weighted by molar-refractivity contribution is 0.0940. The first-order chi connectivity index (χ1) is 9.99. The van der Waals surface area contributed by atoms with Crippen LogP contribution in [-0.2, 0) is 0 Å². The third kappa shape index (κ3) is 3.54. The number of hydrogen-bond donors (Lipinski definition) is 2. The van der Waals surface area contributed by atoms with E-state index in [9.17, 15) is 4.79 Å². The summed E-state index contributed by atoms with van der Waals surface area (Å²) in [6.45, 7) is 1.93. The standard InChI is InChI=1S/C17H21N3O/c1-12(15-6-4-5-7-16(15)18)19-17(21)13-8-10-14(11-9-13)20(2)3/h4-12H,18H2,1-3H3,(H,19,21). The average Bonchev–Trinajstić information content (AvgIpc) is 2.47. The molecule has 0 saturated heterocycles. The van der Waals surface area contributed by atoms with Gasteiger partial charge < -0.3 is 16.0 Å². The topological polar surface area (TPSA) is 58.4 Å². The maximum atomic E-state index is 12.3. The van der Waals surface area contributed by atoms with Crippen molar-refractivity contribution in [3.8, 4) is 0 Å². The molecule has 1 unspecified atom stereocenters. The van der Waals surface area contributed by atoms with Crippen LogP contribution in [0.5, 0.6) is 0 Å². The number of rotatable bonds is 4. The summed E-state index contributed by atoms with van der Waals surface area (Å²) >= 11 is 0. The third-order valence-electron chi connectivity index (χ3n) is 3.46. The van der Waals surface area contributed by atoms with Crippen LogP contribution in [0.4, 0.5) is 11.4 Å². The molecule has 110 valence electrons. The lowest BCUT2D eigenvalue weighted by Gasteiger charge is -2.17. The Morgan fingerprint density at radius 2 is 1.71 bits per heavy atom. The molecule has 2 aromatic rings. The van der Waals surface area contributed by atoms with Crippen LogP contribution in [0.25, 0.3) is 0 Å². The molecule has 0 fully saturated rings. The van der Waals surface area contributed by atoms with Crippen molar-refractivity contribution in [1.82, 2.24) is 5.32 Å². The number of nitrogen functional groups attached to an aromatic ring is 1. The van der Waals surface area contributed by atoms with Crippen LogP contribution < -0.4 is 16.0 Å². The Balaban J connectivity index is 2.09. The van der Waals surface area contributed by atoms with Gasteiger partial charge in [-0.1, -0.05) is 18.2 Å². The summed E-state index contributed by atoms with van der Waals surface area (Å²) in [6.07, 6.45) is 0. The summed E-state index contributed by atoms with van der Waals surface area (Å²) in [6, 6.07) is 14.9. The van der Waals surface area contributed by atoms with E-state index in [0.717, 1.165) is 11.3 Å². The van der Waals surface area contributed by atoms with Crippen LogP contribution in [0, 0.1) is 0 Å². The quantitative estimate of drug-likeness (QED) is 0.848. The molecule has 0 aliphatic rings. The molecule has 1 amide bonds. The van der Waals surface area contributed by atoms with Crippen molar-refractivity contribution >= 4 is 17.3 Å². The van der Waals surface area contributed by atoms with Gasteiger partial charge in [0.25, 0.3) is 5.91 Å². The molecular formula is C17H21N3O. The molecule has 0 saturated carbocycles. The zero-order valence-corrected chi connectivity index (χ0v) is 12.6. The number of nitrogens with zero attached hydrogens (tertiary/aromatic N) is 1. The van der Waals surface area contributed by atoms with E-state index in [1.807, 2.05) is 74.4 Å². The van der Waals surface area contributed by atoms with Crippen molar-refractivity contribution in [2.75, 3.05) is 24.7 Å². The molecule has 0 aliphatic heterocycles. The number of nitrogens with one attached hydrogen (secondary N) is 1. The van der Waals surface area contributed by atoms with E-state index in [4.69, 9.17) is 5.73 Å². The molecular weight excluding hydrogens is 262 g/mol. The summed E-state index contributed by atoms with van der Waals surface area (Å²) in [5.41, 5.74) is 9.25. The number of amides is 1. The number of para-hydroxylation sites is 1. The molecule has 0 aliphatic carbocycles. The lowest BCUT2D eigenvalue weighted by atomic mass is 10.1. The second kappa shape index (κ2) is 6.31. The molecule has 0 aromatic heterocycles. The Labute approximate surface area is 125 Å². The fourth-order valence-corrected chi connectivity index (χ4v) is 2.17. The lowest BCUT2D eigenvalue weighted by Crippen LogP contribution is -2.27. The van der Waals surface area contributed by atoms with E-state index in [0.29, 0.717) is 11.3 Å². The van der Waals surface area contributed by atoms with Gasteiger partial charge in [0, 0.05) is 31.0 Å². The molecule has 0 heterocycles. The minimum Gasteiger partial charge on any atom is -0.398 e. The predicted octanol–water partition coefficient (Wildman–Crippen LogP) is 2.83. The Hall–Kier alpha value is -2.49. The van der Waals surface area contributed by atoms with Crippen LogP contribution in [0.15, 0.2) is 48.5 Å². The van der Waals surface area contributed by atoms with Crippen molar-refractivity contribution < 1.29 is 4.79 Å². The first-order valence-corrected chi connectivity index (χ1v) is 6.91. The number of anilines is 2. The fourth-order valence-electron chi connectivity index (χ4n) is 2.17. The summed E-state index contributed by atoms with van der Waals surface area (Å²) < 4.78 is 0. The molecule has 2 aromatic carbocycles. The maximum absolute atomic E-state index is 12.3. The maximum Gasteiger partial charge on any atom is 0.251 e. The largest absolute Gasteiger partial charge is 0.398 e. The summed E-state index contributed by atoms with van der Waals surface area (Å²) in [5, 5.41) is 2.97. The van der Waals surface area contributed by atoms with E-state index < -0.39 is 0 Å². The zero-order valence-electron chi connectivity index (χ0n) is 12.6. The number of carbonyl (C=O) groups is 1. The van der Waals surface area contributed by atoms with E-state index in [1.54, 1.807) is 0 Å². The van der Waals surface area contributed by atoms with Crippen LogP contribution in [0.1, 0.15) is 28.9 Å². The minimum atomic E-state index is -0.132. The zero-order chi connectivity index (χ0) is 15.4. The highest BCUT2D eigenvalue weighted by Gasteiger charge is 2.13. The van der Waals surface area contributed by atoms with Crippen molar-refractivity contribution in [1.29, 1.82) is 0 Å². The highest BCUT2D eigenvalue weighted by Crippen LogP contribution is 2.20. The van der Waals surface area contributed by atoms with Crippen molar-refractivity contribution in [3.05, 3.63) is 59.7 Å². The first kappa shape index (κ1) is 14.9. The molecule has 4 heteroatoms. The molecule has 21 heavy (non-hydrogen) atoms. The first-order valence-electron chi connectivity index (χ1n) is 6.91. The highest BCUT2D eigenvalue weighted by atomic mass is 16.1. The van der Waals surface area contributed by atoms with Crippen molar-refractivity contribution in [2.24, 2.45) is 0 Å². The fraction of sp³-hybridized carbons (Fsp3) is 0.235. The highest BCUT2D eigenvalue weighted by molar-refractivity contribution is 5.94. The van der Waals surface area contributed by atoms with Gasteiger partial charge in [-0.2, -0.15) is 0 Å². The average molecular weight is 283 g/mol. The molecule has 0 radical (unpaired) electrons. The van der Waals surface area contributed by atoms with Gasteiger partial charge in [0.2, 0.25) is 0 Å². The second-order valence-electron chi connectivity index (χ2n) is 5.27. The van der Waals surface area contributed by atoms with Gasteiger partial charge in [-0.05, 0) is 42.8 Å². The van der Waals surface area contributed by atoms with E-state index in [2.05, 4.69) is 5.32 Å². The molecule has 0 bridgehead atoms. The van der Waals surface area contributed by atoms with Crippen molar-refractivity contribution in [3.63, 3.8) is 0 Å². The molecule has 2 rings (SSSR count). The SMILES string of the molecule is CC(NC(=O)c1ccc(N(C)C)cc1)c1ccccc1N. The normalized spacial score (nSPS) is 11.8. The van der Waals surface area contributed by atoms with Gasteiger partial charge in [0.15, 0.2) is 0 Å². The smallest absolute Gasteiger partial charge is 0.251 e. The summed E-state index contributed by atoms with van der Waals surface area (Å²) in [7, 11) is 3.94. The number of benzene rings is 2. The van der Waals surface area contributed by atoms with Crippen LogP contribution in [-0.4, -0.2) is 20.0 Å². The Bertz CT molecular complexity index is 620. The predicted molar refractivity (Wildman–Crippen MR) is 87.5 cm³/mol. The molecule has 3 N–H and O–H groups in total. The van der Waals surface area contributed by atoms with Gasteiger partial charge in [0.1, 0.15) is 0 Å². The van der Waals surface area contributed by atoms with Gasteiger partial charge in [-0.15, -0.1) is 0 Å². The van der Waals surface area contributed by atoms with Gasteiger partial charge in [0.05, 0.1) is 6.04 Å². The van der Waals surface area contributed by atoms with Gasteiger partial charge in [-0.3, -0.25) is 4.79 Å². The molecule has 4 nitrogen and oxygen atoms in total.